The van der Waals surface area contributed by atoms with Gasteiger partial charge in [0.2, 0.25) is 5.75 Å². The van der Waals surface area contributed by atoms with Crippen LogP contribution >= 0.6 is 15.9 Å². The van der Waals surface area contributed by atoms with Crippen LogP contribution in [0.25, 0.3) is 0 Å². The first-order valence-electron chi connectivity index (χ1n) is 5.44. The summed E-state index contributed by atoms with van der Waals surface area (Å²) in [7, 11) is 0. The molecule has 7 nitrogen and oxygen atoms in total. The zero-order valence-corrected chi connectivity index (χ0v) is 11.7. The zero-order chi connectivity index (χ0) is 14.6. The van der Waals surface area contributed by atoms with Gasteiger partial charge in [-0.1, -0.05) is 15.9 Å². The molecule has 0 fully saturated rings. The Labute approximate surface area is 117 Å². The predicted octanol–water partition coefficient (Wildman–Crippen LogP) is 1.14. The van der Waals surface area contributed by atoms with E-state index >= 15 is 0 Å². The van der Waals surface area contributed by atoms with Crippen molar-refractivity contribution in [2.24, 2.45) is 0 Å². The Morgan fingerprint density at radius 2 is 2.11 bits per heavy atom. The van der Waals surface area contributed by atoms with Crippen molar-refractivity contribution in [1.82, 2.24) is 0 Å². The van der Waals surface area contributed by atoms with Crippen LogP contribution in [0.15, 0.2) is 16.6 Å². The number of nitro benzene ring substituents is 1. The molecule has 106 valence electrons. The molecule has 0 radical (unpaired) electrons. The van der Waals surface area contributed by atoms with Gasteiger partial charge in [0.05, 0.1) is 17.6 Å². The molecule has 2 atom stereocenters. The third kappa shape index (κ3) is 4.13. The van der Waals surface area contributed by atoms with Crippen molar-refractivity contribution in [3.63, 3.8) is 0 Å². The first kappa shape index (κ1) is 15.8. The zero-order valence-electron chi connectivity index (χ0n) is 10.1. The smallest absolute Gasteiger partial charge is 0.312 e. The van der Waals surface area contributed by atoms with Crippen LogP contribution in [0.4, 0.5) is 5.69 Å². The van der Waals surface area contributed by atoms with Crippen LogP contribution in [0.3, 0.4) is 0 Å². The first-order chi connectivity index (χ1) is 8.86. The van der Waals surface area contributed by atoms with E-state index < -0.39 is 23.7 Å². The second-order valence-corrected chi connectivity index (χ2v) is 4.84. The summed E-state index contributed by atoms with van der Waals surface area (Å²) >= 11 is 3.12. The average Bonchev–Trinajstić information content (AvgIpc) is 2.35. The summed E-state index contributed by atoms with van der Waals surface area (Å²) in [5.41, 5.74) is -0.0957. The molecule has 0 bridgehead atoms. The summed E-state index contributed by atoms with van der Waals surface area (Å²) in [5.74, 6) is -0.115. The fourth-order valence-corrected chi connectivity index (χ4v) is 1.90. The second-order valence-electron chi connectivity index (χ2n) is 3.92. The number of benzene rings is 1. The average molecular weight is 336 g/mol. The molecular weight excluding hydrogens is 322 g/mol. The minimum Gasteiger partial charge on any atom is -0.484 e. The lowest BCUT2D eigenvalue weighted by molar-refractivity contribution is -0.386. The van der Waals surface area contributed by atoms with Crippen molar-refractivity contribution >= 4 is 21.6 Å². The van der Waals surface area contributed by atoms with Gasteiger partial charge in [-0.2, -0.15) is 0 Å². The van der Waals surface area contributed by atoms with Crippen molar-refractivity contribution in [3.05, 3.63) is 32.3 Å². The van der Waals surface area contributed by atoms with Gasteiger partial charge in [-0.15, -0.1) is 0 Å². The number of hydrogen-bond acceptors (Lipinski definition) is 6. The molecule has 0 heterocycles. The Hall–Kier alpha value is -1.22. The molecule has 0 aliphatic heterocycles. The maximum atomic E-state index is 11.0. The van der Waals surface area contributed by atoms with E-state index in [1.54, 1.807) is 0 Å². The molecule has 19 heavy (non-hydrogen) atoms. The lowest BCUT2D eigenvalue weighted by Crippen LogP contribution is -2.22. The van der Waals surface area contributed by atoms with E-state index in [9.17, 15) is 20.3 Å². The number of rotatable bonds is 6. The van der Waals surface area contributed by atoms with E-state index in [-0.39, 0.29) is 23.6 Å². The molecule has 1 aromatic rings. The number of nitrogens with zero attached hydrogens (tertiary/aromatic N) is 1. The molecule has 0 aliphatic rings. The predicted molar refractivity (Wildman–Crippen MR) is 70.0 cm³/mol. The van der Waals surface area contributed by atoms with Crippen molar-refractivity contribution in [3.8, 4) is 5.75 Å². The Morgan fingerprint density at radius 1 is 1.47 bits per heavy atom. The highest BCUT2D eigenvalue weighted by Gasteiger charge is 2.24. The van der Waals surface area contributed by atoms with Crippen molar-refractivity contribution in [2.75, 3.05) is 13.2 Å². The lowest BCUT2D eigenvalue weighted by atomic mass is 10.1. The molecule has 1 unspecified atom stereocenters. The van der Waals surface area contributed by atoms with Crippen molar-refractivity contribution in [1.29, 1.82) is 0 Å². The van der Waals surface area contributed by atoms with Crippen LogP contribution in [-0.2, 0) is 0 Å². The minimum absolute atomic E-state index is 0.115. The lowest BCUT2D eigenvalue weighted by Gasteiger charge is -2.15. The summed E-state index contributed by atoms with van der Waals surface area (Å²) < 4.78 is 5.60. The standard InChI is InChI=1S/C11H14BrNO6/c1-6(15)9-2-7(12)3-10(13(17)18)11(9)19-5-8(16)4-14/h2-3,6,8,14-16H,4-5H2,1H3/t6-,8?/m0/s1. The number of aliphatic hydroxyl groups excluding tert-OH is 3. The van der Waals surface area contributed by atoms with E-state index in [2.05, 4.69) is 15.9 Å². The van der Waals surface area contributed by atoms with Crippen LogP contribution < -0.4 is 4.74 Å². The van der Waals surface area contributed by atoms with Gasteiger partial charge in [-0.25, -0.2) is 0 Å². The highest BCUT2D eigenvalue weighted by Crippen LogP contribution is 2.37. The van der Waals surface area contributed by atoms with Gasteiger partial charge in [-0.05, 0) is 13.0 Å². The Kier molecular flexibility index (Phi) is 5.67. The molecule has 3 N–H and O–H groups in total. The second kappa shape index (κ2) is 6.80. The molecule has 0 amide bonds. The Balaban J connectivity index is 3.19. The number of halogens is 1. The highest BCUT2D eigenvalue weighted by molar-refractivity contribution is 9.10. The van der Waals surface area contributed by atoms with Crippen LogP contribution in [-0.4, -0.2) is 39.6 Å². The van der Waals surface area contributed by atoms with Gasteiger partial charge in [0.15, 0.2) is 0 Å². The van der Waals surface area contributed by atoms with E-state index in [0.29, 0.717) is 4.47 Å². The van der Waals surface area contributed by atoms with E-state index in [1.165, 1.54) is 19.1 Å². The van der Waals surface area contributed by atoms with Gasteiger partial charge in [-0.3, -0.25) is 10.1 Å². The van der Waals surface area contributed by atoms with Crippen LogP contribution in [0.1, 0.15) is 18.6 Å². The van der Waals surface area contributed by atoms with Gasteiger partial charge < -0.3 is 20.1 Å². The molecular formula is C11H14BrNO6. The fourth-order valence-electron chi connectivity index (χ4n) is 1.44. The Morgan fingerprint density at radius 3 is 2.58 bits per heavy atom. The summed E-state index contributed by atoms with van der Waals surface area (Å²) in [6.45, 7) is 0.619. The minimum atomic E-state index is -1.15. The number of nitro groups is 1. The van der Waals surface area contributed by atoms with Gasteiger partial charge in [0.25, 0.3) is 0 Å². The summed E-state index contributed by atoms with van der Waals surface area (Å²) in [6, 6.07) is 2.74. The molecule has 0 saturated carbocycles. The summed E-state index contributed by atoms with van der Waals surface area (Å²) in [5, 5.41) is 38.5. The van der Waals surface area contributed by atoms with Gasteiger partial charge in [0.1, 0.15) is 12.7 Å². The fraction of sp³-hybridized carbons (Fsp3) is 0.455. The van der Waals surface area contributed by atoms with Crippen LogP contribution in [0.2, 0.25) is 0 Å². The third-order valence-corrected chi connectivity index (χ3v) is 2.80. The number of ether oxygens (including phenoxy) is 1. The topological polar surface area (TPSA) is 113 Å². The molecule has 1 rings (SSSR count). The molecule has 0 aliphatic carbocycles. The Bertz CT molecular complexity index is 465. The SMILES string of the molecule is C[C@H](O)c1cc(Br)cc([N+](=O)[O-])c1OCC(O)CO. The maximum absolute atomic E-state index is 11.0. The van der Waals surface area contributed by atoms with Crippen LogP contribution in [0, 0.1) is 10.1 Å². The quantitative estimate of drug-likeness (QED) is 0.530. The van der Waals surface area contributed by atoms with Gasteiger partial charge >= 0.3 is 5.69 Å². The largest absolute Gasteiger partial charge is 0.484 e. The molecule has 0 aromatic heterocycles. The third-order valence-electron chi connectivity index (χ3n) is 2.34. The molecule has 8 heteroatoms. The molecule has 0 saturated heterocycles. The van der Waals surface area contributed by atoms with E-state index in [1.807, 2.05) is 0 Å². The monoisotopic (exact) mass is 335 g/mol. The van der Waals surface area contributed by atoms with E-state index in [4.69, 9.17) is 9.84 Å². The normalized spacial score (nSPS) is 13.9. The van der Waals surface area contributed by atoms with Crippen molar-refractivity contribution < 1.29 is 25.0 Å². The number of aliphatic hydroxyl groups is 3. The van der Waals surface area contributed by atoms with Crippen molar-refractivity contribution in [2.45, 2.75) is 19.1 Å². The van der Waals surface area contributed by atoms with Crippen LogP contribution in [0.5, 0.6) is 5.75 Å². The highest BCUT2D eigenvalue weighted by atomic mass is 79.9. The summed E-state index contributed by atoms with van der Waals surface area (Å²) in [4.78, 5) is 10.3. The first-order valence-corrected chi connectivity index (χ1v) is 6.23. The molecule has 0 spiro atoms. The van der Waals surface area contributed by atoms with Gasteiger partial charge in [0, 0.05) is 16.1 Å². The maximum Gasteiger partial charge on any atom is 0.312 e. The number of hydrogen-bond donors (Lipinski definition) is 3. The summed E-state index contributed by atoms with van der Waals surface area (Å²) in [6.07, 6.45) is -2.12. The van der Waals surface area contributed by atoms with E-state index in [0.717, 1.165) is 0 Å². The molecule has 1 aromatic carbocycles.